The Morgan fingerprint density at radius 3 is 1.94 bits per heavy atom. The maximum atomic E-state index is 6.04. The van der Waals surface area contributed by atoms with Crippen LogP contribution >= 0.6 is 0 Å². The van der Waals surface area contributed by atoms with Crippen molar-refractivity contribution in [1.29, 1.82) is 0 Å². The van der Waals surface area contributed by atoms with Gasteiger partial charge in [-0.2, -0.15) is 0 Å². The van der Waals surface area contributed by atoms with Crippen LogP contribution in [0.15, 0.2) is 0 Å². The summed E-state index contributed by atoms with van der Waals surface area (Å²) in [7, 11) is -2.87. The van der Waals surface area contributed by atoms with Crippen molar-refractivity contribution in [3.05, 3.63) is 0 Å². The van der Waals surface area contributed by atoms with E-state index in [-0.39, 0.29) is 5.04 Å². The van der Waals surface area contributed by atoms with Crippen LogP contribution in [0.3, 0.4) is 0 Å². The third kappa shape index (κ3) is 7.77. The van der Waals surface area contributed by atoms with E-state index in [1.54, 1.807) is 0 Å². The minimum atomic E-state index is -1.60. The molecule has 0 aromatic heterocycles. The van der Waals surface area contributed by atoms with Gasteiger partial charge in [-0.15, -0.1) is 5.54 Å². The first kappa shape index (κ1) is 17.5. The highest BCUT2D eigenvalue weighted by molar-refractivity contribution is 6.83. The lowest BCUT2D eigenvalue weighted by molar-refractivity contribution is 0.296. The molecule has 0 unspecified atom stereocenters. The lowest BCUT2D eigenvalue weighted by atomic mass is 10.2. The molecule has 0 aliphatic rings. The summed E-state index contributed by atoms with van der Waals surface area (Å²) in [6, 6.07) is 0. The van der Waals surface area contributed by atoms with Gasteiger partial charge in [-0.25, -0.2) is 0 Å². The molecule has 0 N–H and O–H groups in total. The Labute approximate surface area is 116 Å². The summed E-state index contributed by atoms with van der Waals surface area (Å²) in [5, 5.41) is 0.276. The maximum absolute atomic E-state index is 6.04. The number of hydrogen-bond acceptors (Lipinski definition) is 1. The second-order valence-corrected chi connectivity index (χ2v) is 16.7. The Kier molecular flexibility index (Phi) is 6.44. The zero-order chi connectivity index (χ0) is 14.4. The molecule has 0 spiro atoms. The summed E-state index contributed by atoms with van der Waals surface area (Å²) in [6.07, 6.45) is 0.785. The van der Waals surface area contributed by atoms with Crippen LogP contribution in [0, 0.1) is 23.3 Å². The van der Waals surface area contributed by atoms with Crippen LogP contribution in [0.4, 0.5) is 0 Å². The molecule has 0 fully saturated rings. The molecule has 0 bridgehead atoms. The SMILES string of the molecule is CC(C)(C)[Si](C)(C)OCCC#CC#C[Si](C)(C)C. The average Bonchev–Trinajstić information content (AvgIpc) is 2.12. The number of rotatable bonds is 3. The van der Waals surface area contributed by atoms with Crippen LogP contribution in [0.1, 0.15) is 27.2 Å². The van der Waals surface area contributed by atoms with Crippen molar-refractivity contribution >= 4 is 16.4 Å². The number of hydrogen-bond donors (Lipinski definition) is 0. The van der Waals surface area contributed by atoms with Gasteiger partial charge in [-0.3, -0.25) is 0 Å². The molecule has 102 valence electrons. The molecule has 0 heterocycles. The third-order valence-electron chi connectivity index (χ3n) is 3.08. The van der Waals surface area contributed by atoms with Gasteiger partial charge in [0, 0.05) is 13.0 Å². The van der Waals surface area contributed by atoms with Gasteiger partial charge in [0.15, 0.2) is 8.32 Å². The Morgan fingerprint density at radius 2 is 1.50 bits per heavy atom. The van der Waals surface area contributed by atoms with Crippen molar-refractivity contribution in [1.82, 2.24) is 0 Å². The topological polar surface area (TPSA) is 9.23 Å². The van der Waals surface area contributed by atoms with Crippen molar-refractivity contribution in [2.75, 3.05) is 6.61 Å². The molecule has 18 heavy (non-hydrogen) atoms. The van der Waals surface area contributed by atoms with Crippen LogP contribution in [-0.2, 0) is 4.43 Å². The lowest BCUT2D eigenvalue weighted by Gasteiger charge is -2.35. The summed E-state index contributed by atoms with van der Waals surface area (Å²) in [6.45, 7) is 18.7. The zero-order valence-electron chi connectivity index (χ0n) is 13.3. The molecule has 0 aromatic carbocycles. The molecule has 0 aromatic rings. The molecular formula is C15H28OSi2. The third-order valence-corrected chi connectivity index (χ3v) is 8.50. The van der Waals surface area contributed by atoms with Crippen molar-refractivity contribution in [3.8, 4) is 23.3 Å². The first-order valence-electron chi connectivity index (χ1n) is 6.60. The van der Waals surface area contributed by atoms with E-state index in [0.717, 1.165) is 13.0 Å². The van der Waals surface area contributed by atoms with Crippen LogP contribution in [-0.4, -0.2) is 23.0 Å². The molecule has 0 atom stereocenters. The molecule has 3 heteroatoms. The molecule has 0 amide bonds. The highest BCUT2D eigenvalue weighted by atomic mass is 28.4. The normalized spacial score (nSPS) is 12.2. The van der Waals surface area contributed by atoms with Gasteiger partial charge in [0.2, 0.25) is 0 Å². The fraction of sp³-hybridized carbons (Fsp3) is 0.733. The monoisotopic (exact) mass is 280 g/mol. The van der Waals surface area contributed by atoms with E-state index in [1.807, 2.05) is 0 Å². The van der Waals surface area contributed by atoms with E-state index in [2.05, 4.69) is 76.8 Å². The second kappa shape index (κ2) is 6.61. The maximum Gasteiger partial charge on any atom is 0.192 e. The lowest BCUT2D eigenvalue weighted by Crippen LogP contribution is -2.40. The van der Waals surface area contributed by atoms with Gasteiger partial charge in [0.25, 0.3) is 0 Å². The van der Waals surface area contributed by atoms with E-state index >= 15 is 0 Å². The standard InChI is InChI=1S/C15H28OSi2/c1-15(2,3)18(7,8)16-13-11-9-10-12-14-17(4,5)6/h11,13H2,1-8H3. The minimum absolute atomic E-state index is 0.276. The fourth-order valence-corrected chi connectivity index (χ4v) is 2.38. The molecule has 0 saturated carbocycles. The Morgan fingerprint density at radius 1 is 0.944 bits per heavy atom. The van der Waals surface area contributed by atoms with E-state index in [1.165, 1.54) is 0 Å². The largest absolute Gasteiger partial charge is 0.416 e. The molecule has 0 radical (unpaired) electrons. The van der Waals surface area contributed by atoms with Gasteiger partial charge in [-0.05, 0) is 30.0 Å². The molecule has 0 aliphatic heterocycles. The smallest absolute Gasteiger partial charge is 0.192 e. The first-order valence-corrected chi connectivity index (χ1v) is 13.0. The van der Waals surface area contributed by atoms with Crippen LogP contribution in [0.5, 0.6) is 0 Å². The van der Waals surface area contributed by atoms with Gasteiger partial charge >= 0.3 is 0 Å². The molecule has 0 saturated heterocycles. The van der Waals surface area contributed by atoms with Crippen LogP contribution in [0.25, 0.3) is 0 Å². The highest BCUT2D eigenvalue weighted by Gasteiger charge is 2.36. The van der Waals surface area contributed by atoms with E-state index in [9.17, 15) is 0 Å². The average molecular weight is 281 g/mol. The summed E-state index contributed by atoms with van der Waals surface area (Å²) < 4.78 is 6.04. The van der Waals surface area contributed by atoms with E-state index in [4.69, 9.17) is 4.43 Å². The quantitative estimate of drug-likeness (QED) is 0.426. The van der Waals surface area contributed by atoms with Crippen LogP contribution < -0.4 is 0 Å². The Balaban J connectivity index is 4.09. The Bertz CT molecular complexity index is 375. The van der Waals surface area contributed by atoms with Gasteiger partial charge in [0.1, 0.15) is 8.07 Å². The van der Waals surface area contributed by atoms with Gasteiger partial charge in [-0.1, -0.05) is 46.3 Å². The van der Waals surface area contributed by atoms with Gasteiger partial charge in [0.05, 0.1) is 0 Å². The van der Waals surface area contributed by atoms with E-state index in [0.29, 0.717) is 0 Å². The Hall–Kier alpha value is -0.486. The van der Waals surface area contributed by atoms with E-state index < -0.39 is 16.4 Å². The van der Waals surface area contributed by atoms with Crippen LogP contribution in [0.2, 0.25) is 37.8 Å². The summed E-state index contributed by atoms with van der Waals surface area (Å²) in [4.78, 5) is 0. The highest BCUT2D eigenvalue weighted by Crippen LogP contribution is 2.36. The molecular weight excluding hydrogens is 252 g/mol. The second-order valence-electron chi connectivity index (χ2n) is 7.16. The zero-order valence-corrected chi connectivity index (χ0v) is 15.3. The van der Waals surface area contributed by atoms with Crippen molar-refractivity contribution < 1.29 is 4.43 Å². The summed E-state index contributed by atoms with van der Waals surface area (Å²) in [5.41, 5.74) is 3.24. The van der Waals surface area contributed by atoms with Crippen molar-refractivity contribution in [2.45, 2.75) is 65.0 Å². The predicted molar refractivity (Wildman–Crippen MR) is 86.7 cm³/mol. The van der Waals surface area contributed by atoms with Gasteiger partial charge < -0.3 is 4.43 Å². The minimum Gasteiger partial charge on any atom is -0.416 e. The fourth-order valence-electron chi connectivity index (χ4n) is 0.899. The van der Waals surface area contributed by atoms with Crippen molar-refractivity contribution in [2.24, 2.45) is 0 Å². The summed E-state index contributed by atoms with van der Waals surface area (Å²) >= 11 is 0. The molecule has 0 rings (SSSR count). The van der Waals surface area contributed by atoms with Crippen molar-refractivity contribution in [3.63, 3.8) is 0 Å². The predicted octanol–water partition coefficient (Wildman–Crippen LogP) is 4.28. The molecule has 1 nitrogen and oxygen atoms in total. The first-order chi connectivity index (χ1) is 7.96. The molecule has 0 aliphatic carbocycles. The summed E-state index contributed by atoms with van der Waals surface area (Å²) in [5.74, 6) is 8.96.